The van der Waals surface area contributed by atoms with Crippen molar-refractivity contribution in [3.63, 3.8) is 0 Å². The van der Waals surface area contributed by atoms with Gasteiger partial charge in [0.1, 0.15) is 0 Å². The zero-order chi connectivity index (χ0) is 27.1. The zero-order valence-electron chi connectivity index (χ0n) is 22.6. The second-order valence-corrected chi connectivity index (χ2v) is 12.8. The minimum Gasteiger partial charge on any atom is -0.340 e. The zero-order valence-corrected chi connectivity index (χ0v) is 23.4. The van der Waals surface area contributed by atoms with E-state index in [1.165, 1.54) is 11.1 Å². The maximum atomic E-state index is 13.5. The molecule has 2 heterocycles. The first-order chi connectivity index (χ1) is 19.0. The summed E-state index contributed by atoms with van der Waals surface area (Å²) >= 11 is 0. The van der Waals surface area contributed by atoms with Gasteiger partial charge in [-0.2, -0.15) is 0 Å². The van der Waals surface area contributed by atoms with Crippen molar-refractivity contribution < 1.29 is 13.2 Å². The van der Waals surface area contributed by atoms with Gasteiger partial charge in [0.15, 0.2) is 0 Å². The minimum absolute atomic E-state index is 0.106. The highest BCUT2D eigenvalue weighted by Crippen LogP contribution is 2.30. The van der Waals surface area contributed by atoms with Crippen LogP contribution in [-0.4, -0.2) is 73.5 Å². The molecule has 0 bridgehead atoms. The van der Waals surface area contributed by atoms with Crippen LogP contribution in [0.4, 0.5) is 0 Å². The highest BCUT2D eigenvalue weighted by molar-refractivity contribution is 7.89. The third-order valence-corrected chi connectivity index (χ3v) is 9.98. The molecule has 2 aliphatic rings. The van der Waals surface area contributed by atoms with Crippen LogP contribution in [0.5, 0.6) is 0 Å². The maximum Gasteiger partial charge on any atom is 0.227 e. The van der Waals surface area contributed by atoms with Gasteiger partial charge in [-0.3, -0.25) is 9.69 Å². The summed E-state index contributed by atoms with van der Waals surface area (Å²) in [5.74, 6) is -0.0231. The van der Waals surface area contributed by atoms with Gasteiger partial charge in [-0.1, -0.05) is 91.0 Å². The van der Waals surface area contributed by atoms with Crippen molar-refractivity contribution >= 4 is 15.9 Å². The maximum absolute atomic E-state index is 13.5. The standard InChI is InChI=1S/C32H39N3O3S/c36-32(30-19-10-20-35(26-30)39(37,38)25-11-14-27-12-4-1-5-13-27)34-23-21-33(22-24-34)31(28-15-6-2-7-16-28)29-17-8-3-9-18-29/h1-9,12-13,15-18,30-31H,10-11,14,19-26H2. The number of amides is 1. The van der Waals surface area contributed by atoms with Gasteiger partial charge in [0.25, 0.3) is 0 Å². The van der Waals surface area contributed by atoms with Crippen LogP contribution in [0.1, 0.15) is 42.0 Å². The van der Waals surface area contributed by atoms with Crippen molar-refractivity contribution in [1.82, 2.24) is 14.1 Å². The van der Waals surface area contributed by atoms with E-state index in [0.29, 0.717) is 32.6 Å². The summed E-state index contributed by atoms with van der Waals surface area (Å²) in [7, 11) is -3.38. The van der Waals surface area contributed by atoms with Gasteiger partial charge in [0, 0.05) is 39.3 Å². The predicted octanol–water partition coefficient (Wildman–Crippen LogP) is 4.59. The highest BCUT2D eigenvalue weighted by atomic mass is 32.2. The van der Waals surface area contributed by atoms with Gasteiger partial charge in [-0.25, -0.2) is 12.7 Å². The Kier molecular flexibility index (Phi) is 9.12. The lowest BCUT2D eigenvalue weighted by molar-refractivity contribution is -0.138. The molecule has 0 saturated carbocycles. The summed E-state index contributed by atoms with van der Waals surface area (Å²) in [6.45, 7) is 3.72. The number of hydrogen-bond acceptors (Lipinski definition) is 4. The second-order valence-electron chi connectivity index (χ2n) is 10.7. The molecular formula is C32H39N3O3S. The molecule has 1 atom stereocenters. The van der Waals surface area contributed by atoms with Crippen LogP contribution >= 0.6 is 0 Å². The summed E-state index contributed by atoms with van der Waals surface area (Å²) in [4.78, 5) is 17.9. The first kappa shape index (κ1) is 27.6. The molecule has 39 heavy (non-hydrogen) atoms. The number of rotatable bonds is 9. The fourth-order valence-electron chi connectivity index (χ4n) is 5.97. The predicted molar refractivity (Wildman–Crippen MR) is 156 cm³/mol. The Morgan fingerprint density at radius 2 is 1.33 bits per heavy atom. The van der Waals surface area contributed by atoms with Gasteiger partial charge in [0.2, 0.25) is 15.9 Å². The van der Waals surface area contributed by atoms with Crippen LogP contribution in [0.15, 0.2) is 91.0 Å². The van der Waals surface area contributed by atoms with Crippen molar-refractivity contribution in [2.75, 3.05) is 45.0 Å². The molecule has 1 amide bonds. The summed E-state index contributed by atoms with van der Waals surface area (Å²) in [6.07, 6.45) is 2.82. The second kappa shape index (κ2) is 12.9. The molecule has 0 radical (unpaired) electrons. The lowest BCUT2D eigenvalue weighted by atomic mass is 9.95. The number of nitrogens with zero attached hydrogens (tertiary/aromatic N) is 3. The molecule has 1 unspecified atom stereocenters. The molecule has 0 aliphatic carbocycles. The van der Waals surface area contributed by atoms with Crippen LogP contribution in [0.2, 0.25) is 0 Å². The molecule has 5 rings (SSSR count). The van der Waals surface area contributed by atoms with Gasteiger partial charge < -0.3 is 4.90 Å². The first-order valence-electron chi connectivity index (χ1n) is 14.2. The summed E-state index contributed by atoms with van der Waals surface area (Å²) in [6, 6.07) is 31.2. The van der Waals surface area contributed by atoms with Crippen LogP contribution in [0, 0.1) is 5.92 Å². The number of sulfonamides is 1. The molecule has 3 aromatic carbocycles. The third kappa shape index (κ3) is 6.96. The van der Waals surface area contributed by atoms with E-state index in [4.69, 9.17) is 0 Å². The number of piperidine rings is 1. The molecule has 2 saturated heterocycles. The van der Waals surface area contributed by atoms with Crippen LogP contribution < -0.4 is 0 Å². The molecule has 2 fully saturated rings. The smallest absolute Gasteiger partial charge is 0.227 e. The Balaban J connectivity index is 1.17. The number of carbonyl (C=O) groups excluding carboxylic acids is 1. The minimum atomic E-state index is -3.38. The number of benzene rings is 3. The fourth-order valence-corrected chi connectivity index (χ4v) is 7.55. The first-order valence-corrected chi connectivity index (χ1v) is 15.8. The summed E-state index contributed by atoms with van der Waals surface area (Å²) in [5.41, 5.74) is 3.66. The van der Waals surface area contributed by atoms with Crippen molar-refractivity contribution in [3.8, 4) is 0 Å². The number of hydrogen-bond donors (Lipinski definition) is 0. The van der Waals surface area contributed by atoms with E-state index in [2.05, 4.69) is 53.4 Å². The van der Waals surface area contributed by atoms with E-state index in [1.54, 1.807) is 4.31 Å². The monoisotopic (exact) mass is 545 g/mol. The molecule has 206 valence electrons. The van der Waals surface area contributed by atoms with E-state index in [1.807, 2.05) is 47.4 Å². The number of carbonyl (C=O) groups is 1. The summed E-state index contributed by atoms with van der Waals surface area (Å²) < 4.78 is 27.8. The largest absolute Gasteiger partial charge is 0.340 e. The average molecular weight is 546 g/mol. The Hall–Kier alpha value is -3.00. The number of aryl methyl sites for hydroxylation is 1. The van der Waals surface area contributed by atoms with E-state index in [9.17, 15) is 13.2 Å². The normalized spacial score (nSPS) is 19.3. The molecule has 3 aromatic rings. The van der Waals surface area contributed by atoms with E-state index in [-0.39, 0.29) is 23.6 Å². The van der Waals surface area contributed by atoms with Gasteiger partial charge in [-0.05, 0) is 42.4 Å². The van der Waals surface area contributed by atoms with Crippen molar-refractivity contribution in [3.05, 3.63) is 108 Å². The topological polar surface area (TPSA) is 60.9 Å². The summed E-state index contributed by atoms with van der Waals surface area (Å²) in [5, 5.41) is 0. The lowest BCUT2D eigenvalue weighted by Crippen LogP contribution is -2.53. The van der Waals surface area contributed by atoms with Gasteiger partial charge >= 0.3 is 0 Å². The van der Waals surface area contributed by atoms with E-state index in [0.717, 1.165) is 37.9 Å². The SMILES string of the molecule is O=C(C1CCCN(S(=O)(=O)CCCc2ccccc2)C1)N1CCN(C(c2ccccc2)c2ccccc2)CC1. The Labute approximate surface area is 233 Å². The quantitative estimate of drug-likeness (QED) is 0.395. The van der Waals surface area contributed by atoms with Crippen molar-refractivity contribution in [1.29, 1.82) is 0 Å². The molecule has 2 aliphatic heterocycles. The van der Waals surface area contributed by atoms with Gasteiger partial charge in [0.05, 0.1) is 17.7 Å². The van der Waals surface area contributed by atoms with E-state index >= 15 is 0 Å². The van der Waals surface area contributed by atoms with E-state index < -0.39 is 10.0 Å². The van der Waals surface area contributed by atoms with Crippen molar-refractivity contribution in [2.24, 2.45) is 5.92 Å². The third-order valence-electron chi connectivity index (χ3n) is 8.06. The Bertz CT molecular complexity index is 1250. The molecular weight excluding hydrogens is 506 g/mol. The average Bonchev–Trinajstić information content (AvgIpc) is 2.99. The molecule has 7 heteroatoms. The van der Waals surface area contributed by atoms with Gasteiger partial charge in [-0.15, -0.1) is 0 Å². The lowest BCUT2D eigenvalue weighted by Gasteiger charge is -2.41. The molecule has 6 nitrogen and oxygen atoms in total. The number of piperazine rings is 1. The fraction of sp³-hybridized carbons (Fsp3) is 0.406. The van der Waals surface area contributed by atoms with Crippen LogP contribution in [0.25, 0.3) is 0 Å². The highest BCUT2D eigenvalue weighted by Gasteiger charge is 2.36. The Morgan fingerprint density at radius 3 is 1.92 bits per heavy atom. The molecule has 0 spiro atoms. The molecule has 0 aromatic heterocycles. The van der Waals surface area contributed by atoms with Crippen LogP contribution in [0.3, 0.4) is 0 Å². The Morgan fingerprint density at radius 1 is 0.769 bits per heavy atom. The van der Waals surface area contributed by atoms with Crippen molar-refractivity contribution in [2.45, 2.75) is 31.7 Å². The molecule has 0 N–H and O–H groups in total. The van der Waals surface area contributed by atoms with Crippen LogP contribution in [-0.2, 0) is 21.2 Å².